The maximum absolute atomic E-state index is 12.3. The highest BCUT2D eigenvalue weighted by Crippen LogP contribution is 2.42. The highest BCUT2D eigenvalue weighted by atomic mass is 127. The van der Waals surface area contributed by atoms with Gasteiger partial charge in [-0.15, -0.1) is 0 Å². The smallest absolute Gasteiger partial charge is 0.342 e. The average Bonchev–Trinajstić information content (AvgIpc) is 2.62. The summed E-state index contributed by atoms with van der Waals surface area (Å²) in [4.78, 5) is 23.0. The first kappa shape index (κ1) is 21.4. The number of phenols is 4. The Morgan fingerprint density at radius 1 is 1.18 bits per heavy atom. The van der Waals surface area contributed by atoms with E-state index < -0.39 is 17.8 Å². The molecule has 0 bridgehead atoms. The zero-order valence-electron chi connectivity index (χ0n) is 14.9. The Morgan fingerprint density at radius 2 is 1.86 bits per heavy atom. The summed E-state index contributed by atoms with van der Waals surface area (Å²) in [5.74, 6) is -2.14. The number of rotatable bonds is 7. The zero-order valence-corrected chi connectivity index (χ0v) is 17.1. The molecular formula is C18H18INO8. The van der Waals surface area contributed by atoms with Crippen molar-refractivity contribution in [2.24, 2.45) is 0 Å². The summed E-state index contributed by atoms with van der Waals surface area (Å²) in [6.45, 7) is 1.54. The molecule has 0 aromatic heterocycles. The van der Waals surface area contributed by atoms with E-state index >= 15 is 0 Å². The summed E-state index contributed by atoms with van der Waals surface area (Å²) in [5.41, 5.74) is -0.0475. The van der Waals surface area contributed by atoms with Crippen molar-refractivity contribution in [3.05, 3.63) is 32.9 Å². The van der Waals surface area contributed by atoms with Gasteiger partial charge >= 0.3 is 5.97 Å². The van der Waals surface area contributed by atoms with Gasteiger partial charge in [-0.05, 0) is 35.6 Å². The van der Waals surface area contributed by atoms with Gasteiger partial charge in [0.15, 0.2) is 11.5 Å². The minimum absolute atomic E-state index is 0.0288. The fraction of sp³-hybridized carbons (Fsp3) is 0.222. The van der Waals surface area contributed by atoms with Crippen LogP contribution >= 0.6 is 22.6 Å². The number of anilines is 1. The number of carbonyl (C=O) groups is 2. The molecule has 0 saturated heterocycles. The fourth-order valence-corrected chi connectivity index (χ4v) is 3.04. The predicted octanol–water partition coefficient (Wildman–Crippen LogP) is 2.48. The SMILES string of the molecule is COc1c(O)cc(NC=O)c(O)c1CC(C)OC(=O)c1cc(I)c(O)cc1O. The molecule has 28 heavy (non-hydrogen) atoms. The maximum Gasteiger partial charge on any atom is 0.342 e. The summed E-state index contributed by atoms with van der Waals surface area (Å²) in [6, 6.07) is 3.43. The van der Waals surface area contributed by atoms with Crippen LogP contribution in [0.2, 0.25) is 0 Å². The van der Waals surface area contributed by atoms with Gasteiger partial charge in [0, 0.05) is 24.1 Å². The molecule has 1 atom stereocenters. The molecule has 2 aromatic carbocycles. The van der Waals surface area contributed by atoms with Crippen LogP contribution < -0.4 is 10.1 Å². The first-order valence-electron chi connectivity index (χ1n) is 7.94. The molecule has 1 unspecified atom stereocenters. The minimum Gasteiger partial charge on any atom is -0.507 e. The molecule has 0 aliphatic heterocycles. The number of hydrogen-bond donors (Lipinski definition) is 5. The summed E-state index contributed by atoms with van der Waals surface area (Å²) in [7, 11) is 1.29. The summed E-state index contributed by atoms with van der Waals surface area (Å²) in [6.07, 6.45) is -0.522. The Labute approximate surface area is 173 Å². The second-order valence-corrected chi connectivity index (χ2v) is 6.97. The Kier molecular flexibility index (Phi) is 6.78. The molecule has 2 aromatic rings. The van der Waals surface area contributed by atoms with E-state index in [1.54, 1.807) is 22.6 Å². The Balaban J connectivity index is 2.27. The van der Waals surface area contributed by atoms with Crippen molar-refractivity contribution in [3.63, 3.8) is 0 Å². The second-order valence-electron chi connectivity index (χ2n) is 5.81. The summed E-state index contributed by atoms with van der Waals surface area (Å²) in [5, 5.41) is 42.0. The van der Waals surface area contributed by atoms with E-state index in [0.717, 1.165) is 12.1 Å². The molecule has 0 saturated carbocycles. The topological polar surface area (TPSA) is 146 Å². The normalized spacial score (nSPS) is 11.5. The van der Waals surface area contributed by atoms with E-state index in [1.807, 2.05) is 0 Å². The maximum atomic E-state index is 12.3. The first-order chi connectivity index (χ1) is 13.2. The largest absolute Gasteiger partial charge is 0.507 e. The molecule has 10 heteroatoms. The van der Waals surface area contributed by atoms with Crippen LogP contribution in [0, 0.1) is 3.57 Å². The molecule has 0 radical (unpaired) electrons. The number of ether oxygens (including phenoxy) is 2. The highest BCUT2D eigenvalue weighted by Gasteiger charge is 2.23. The van der Waals surface area contributed by atoms with Gasteiger partial charge in [-0.2, -0.15) is 0 Å². The number of carbonyl (C=O) groups excluding carboxylic acids is 2. The quantitative estimate of drug-likeness (QED) is 0.127. The standard InChI is InChI=1S/C18H18INO8/c1-8(28-18(26)9-4-11(19)14(23)6-13(9)22)3-10-16(25)12(20-7-21)5-15(24)17(10)27-2/h4-8,22-25H,3H2,1-2H3,(H,20,21). The van der Waals surface area contributed by atoms with Crippen LogP contribution in [-0.2, 0) is 16.0 Å². The number of phenolic OH excluding ortho intramolecular Hbond substituents is 4. The highest BCUT2D eigenvalue weighted by molar-refractivity contribution is 14.1. The number of esters is 1. The summed E-state index contributed by atoms with van der Waals surface area (Å²) >= 11 is 1.80. The third-order valence-electron chi connectivity index (χ3n) is 3.83. The van der Waals surface area contributed by atoms with Crippen molar-refractivity contribution in [1.29, 1.82) is 0 Å². The average molecular weight is 503 g/mol. The van der Waals surface area contributed by atoms with E-state index in [-0.39, 0.29) is 46.2 Å². The van der Waals surface area contributed by atoms with E-state index in [0.29, 0.717) is 9.98 Å². The number of hydrogen-bond acceptors (Lipinski definition) is 8. The number of benzene rings is 2. The van der Waals surface area contributed by atoms with Crippen molar-refractivity contribution in [1.82, 2.24) is 0 Å². The first-order valence-corrected chi connectivity index (χ1v) is 9.01. The number of methoxy groups -OCH3 is 1. The third kappa shape index (κ3) is 4.50. The van der Waals surface area contributed by atoms with Crippen molar-refractivity contribution >= 4 is 40.7 Å². The molecule has 5 N–H and O–H groups in total. The zero-order chi connectivity index (χ0) is 21.0. The van der Waals surface area contributed by atoms with Crippen molar-refractivity contribution in [2.45, 2.75) is 19.4 Å². The van der Waals surface area contributed by atoms with Crippen LogP contribution in [0.1, 0.15) is 22.8 Å². The van der Waals surface area contributed by atoms with Gasteiger partial charge in [-0.25, -0.2) is 4.79 Å². The van der Waals surface area contributed by atoms with Crippen molar-refractivity contribution in [3.8, 4) is 28.7 Å². The van der Waals surface area contributed by atoms with Crippen LogP contribution in [0.5, 0.6) is 28.7 Å². The van der Waals surface area contributed by atoms with Crippen molar-refractivity contribution < 1.29 is 39.5 Å². The van der Waals surface area contributed by atoms with Crippen LogP contribution in [0.4, 0.5) is 5.69 Å². The molecule has 150 valence electrons. The lowest BCUT2D eigenvalue weighted by Gasteiger charge is -2.19. The molecule has 9 nitrogen and oxygen atoms in total. The van der Waals surface area contributed by atoms with Gasteiger partial charge in [0.25, 0.3) is 0 Å². The Morgan fingerprint density at radius 3 is 2.46 bits per heavy atom. The van der Waals surface area contributed by atoms with E-state index in [4.69, 9.17) is 9.47 Å². The molecule has 0 fully saturated rings. The number of halogens is 1. The second kappa shape index (κ2) is 8.87. The molecule has 0 aliphatic rings. The van der Waals surface area contributed by atoms with E-state index in [1.165, 1.54) is 20.1 Å². The predicted molar refractivity (Wildman–Crippen MR) is 107 cm³/mol. The van der Waals surface area contributed by atoms with Crippen LogP contribution in [0.15, 0.2) is 18.2 Å². The van der Waals surface area contributed by atoms with Crippen molar-refractivity contribution in [2.75, 3.05) is 12.4 Å². The van der Waals surface area contributed by atoms with Gasteiger partial charge < -0.3 is 35.2 Å². The van der Waals surface area contributed by atoms with E-state index in [9.17, 15) is 30.0 Å². The Hall–Kier alpha value is -2.89. The Bertz CT molecular complexity index is 915. The summed E-state index contributed by atoms with van der Waals surface area (Å²) < 4.78 is 10.7. The van der Waals surface area contributed by atoms with Gasteiger partial charge in [0.2, 0.25) is 6.41 Å². The fourth-order valence-electron chi connectivity index (χ4n) is 2.58. The van der Waals surface area contributed by atoms with Crippen LogP contribution in [-0.4, -0.2) is 46.0 Å². The van der Waals surface area contributed by atoms with Crippen LogP contribution in [0.3, 0.4) is 0 Å². The van der Waals surface area contributed by atoms with E-state index in [2.05, 4.69) is 5.32 Å². The lowest BCUT2D eigenvalue weighted by molar-refractivity contribution is -0.105. The number of amides is 1. The molecule has 0 aliphatic carbocycles. The molecular weight excluding hydrogens is 485 g/mol. The van der Waals surface area contributed by atoms with Crippen LogP contribution in [0.25, 0.3) is 0 Å². The van der Waals surface area contributed by atoms with Gasteiger partial charge in [-0.3, -0.25) is 4.79 Å². The molecule has 0 spiro atoms. The molecule has 1 amide bonds. The molecule has 2 rings (SSSR count). The number of aromatic hydroxyl groups is 4. The van der Waals surface area contributed by atoms with Gasteiger partial charge in [-0.1, -0.05) is 0 Å². The lowest BCUT2D eigenvalue weighted by atomic mass is 10.0. The third-order valence-corrected chi connectivity index (χ3v) is 4.70. The number of nitrogens with one attached hydrogen (secondary N) is 1. The lowest BCUT2D eigenvalue weighted by Crippen LogP contribution is -2.18. The minimum atomic E-state index is -0.840. The van der Waals surface area contributed by atoms with Gasteiger partial charge in [0.05, 0.1) is 16.4 Å². The monoisotopic (exact) mass is 503 g/mol. The van der Waals surface area contributed by atoms with Gasteiger partial charge in [0.1, 0.15) is 28.9 Å². The molecule has 0 heterocycles.